The van der Waals surface area contributed by atoms with Crippen LogP contribution < -0.4 is 16.4 Å². The number of amides is 1. The third-order valence-corrected chi connectivity index (χ3v) is 4.29. The number of nitrogens with zero attached hydrogens (tertiary/aromatic N) is 2. The van der Waals surface area contributed by atoms with Crippen LogP contribution in [-0.4, -0.2) is 49.6 Å². The third kappa shape index (κ3) is 5.18. The van der Waals surface area contributed by atoms with Crippen molar-refractivity contribution in [2.24, 2.45) is 11.5 Å². The molecular formula is C17H27FN4O. The van der Waals surface area contributed by atoms with Crippen molar-refractivity contribution in [1.29, 1.82) is 0 Å². The quantitative estimate of drug-likeness (QED) is 0.775. The number of carbonyl (C=O) groups excluding carboxylic acids is 1. The first-order chi connectivity index (χ1) is 11.1. The van der Waals surface area contributed by atoms with E-state index in [9.17, 15) is 9.18 Å². The van der Waals surface area contributed by atoms with Crippen LogP contribution in [0.5, 0.6) is 0 Å². The Kier molecular flexibility index (Phi) is 6.80. The van der Waals surface area contributed by atoms with Crippen molar-refractivity contribution in [3.8, 4) is 0 Å². The highest BCUT2D eigenvalue weighted by atomic mass is 19.1. The number of benzene rings is 1. The molecule has 1 aliphatic heterocycles. The van der Waals surface area contributed by atoms with E-state index in [1.54, 1.807) is 12.1 Å². The second-order valence-corrected chi connectivity index (χ2v) is 6.03. The number of nitrogens with two attached hydrogens (primary N) is 2. The molecule has 1 aromatic rings. The molecular weight excluding hydrogens is 295 g/mol. The number of hydrogen-bond donors (Lipinski definition) is 2. The molecule has 0 aromatic heterocycles. The molecule has 1 fully saturated rings. The Morgan fingerprint density at radius 2 is 1.87 bits per heavy atom. The summed E-state index contributed by atoms with van der Waals surface area (Å²) in [5.41, 5.74) is 12.5. The van der Waals surface area contributed by atoms with Crippen LogP contribution in [0.2, 0.25) is 0 Å². The molecule has 0 aliphatic carbocycles. The second kappa shape index (κ2) is 8.84. The smallest absolute Gasteiger partial charge is 0.239 e. The Labute approximate surface area is 137 Å². The summed E-state index contributed by atoms with van der Waals surface area (Å²) < 4.78 is 13.0. The summed E-state index contributed by atoms with van der Waals surface area (Å²) in [5.74, 6) is -0.202. The Hall–Kier alpha value is -1.66. The van der Waals surface area contributed by atoms with E-state index in [1.165, 1.54) is 12.1 Å². The minimum Gasteiger partial charge on any atom is -0.370 e. The molecule has 2 rings (SSSR count). The van der Waals surface area contributed by atoms with Gasteiger partial charge in [-0.05, 0) is 50.1 Å². The Morgan fingerprint density at radius 1 is 1.13 bits per heavy atom. The van der Waals surface area contributed by atoms with Gasteiger partial charge in [0.15, 0.2) is 0 Å². The molecule has 4 N–H and O–H groups in total. The van der Waals surface area contributed by atoms with Gasteiger partial charge in [0, 0.05) is 31.9 Å². The molecule has 1 aliphatic rings. The van der Waals surface area contributed by atoms with Crippen LogP contribution >= 0.6 is 0 Å². The van der Waals surface area contributed by atoms with Crippen molar-refractivity contribution in [2.75, 3.05) is 37.6 Å². The second-order valence-electron chi connectivity index (χ2n) is 6.03. The van der Waals surface area contributed by atoms with Gasteiger partial charge in [-0.25, -0.2) is 4.39 Å². The summed E-state index contributed by atoms with van der Waals surface area (Å²) in [6.07, 6.45) is 3.37. The lowest BCUT2D eigenvalue weighted by Gasteiger charge is -2.25. The Balaban J connectivity index is 1.87. The zero-order valence-corrected chi connectivity index (χ0v) is 13.6. The van der Waals surface area contributed by atoms with Gasteiger partial charge in [-0.3, -0.25) is 4.79 Å². The number of hydrogen-bond acceptors (Lipinski definition) is 4. The molecule has 0 bridgehead atoms. The van der Waals surface area contributed by atoms with Gasteiger partial charge in [0.1, 0.15) is 5.82 Å². The normalized spacial score (nSPS) is 17.0. The number of carbonyl (C=O) groups is 1. The van der Waals surface area contributed by atoms with E-state index < -0.39 is 6.04 Å². The van der Waals surface area contributed by atoms with Crippen molar-refractivity contribution in [3.05, 3.63) is 30.1 Å². The van der Waals surface area contributed by atoms with Gasteiger partial charge in [-0.1, -0.05) is 6.42 Å². The Bertz CT molecular complexity index is 494. The molecule has 0 spiro atoms. The van der Waals surface area contributed by atoms with Crippen LogP contribution in [0.1, 0.15) is 25.7 Å². The van der Waals surface area contributed by atoms with Crippen molar-refractivity contribution < 1.29 is 9.18 Å². The van der Waals surface area contributed by atoms with Crippen LogP contribution in [0, 0.1) is 5.82 Å². The Morgan fingerprint density at radius 3 is 2.57 bits per heavy atom. The maximum absolute atomic E-state index is 13.0. The lowest BCUT2D eigenvalue weighted by Crippen LogP contribution is -2.45. The topological polar surface area (TPSA) is 75.6 Å². The number of anilines is 1. The van der Waals surface area contributed by atoms with Gasteiger partial charge in [0.25, 0.3) is 0 Å². The van der Waals surface area contributed by atoms with Gasteiger partial charge in [0.2, 0.25) is 5.91 Å². The van der Waals surface area contributed by atoms with E-state index in [0.717, 1.165) is 44.6 Å². The summed E-state index contributed by atoms with van der Waals surface area (Å²) in [6, 6.07) is 6.07. The number of rotatable bonds is 6. The molecule has 128 valence electrons. The molecule has 6 heteroatoms. The monoisotopic (exact) mass is 322 g/mol. The average Bonchev–Trinajstić information content (AvgIpc) is 2.81. The van der Waals surface area contributed by atoms with E-state index in [1.807, 2.05) is 4.90 Å². The standard InChI is InChI=1S/C17H27FN4O/c18-14-5-7-15(8-6-14)21-10-3-11-22(13-12-21)17(23)16(20)4-1-2-9-19/h5-8,16H,1-4,9-13,19-20H2/t16-/m0/s1. The number of unbranched alkanes of at least 4 members (excludes halogenated alkanes) is 1. The summed E-state index contributed by atoms with van der Waals surface area (Å²) in [5, 5.41) is 0. The largest absolute Gasteiger partial charge is 0.370 e. The average molecular weight is 322 g/mol. The molecule has 1 amide bonds. The van der Waals surface area contributed by atoms with E-state index in [-0.39, 0.29) is 11.7 Å². The fourth-order valence-electron chi connectivity index (χ4n) is 2.91. The highest BCUT2D eigenvalue weighted by Crippen LogP contribution is 2.17. The maximum atomic E-state index is 13.0. The first kappa shape index (κ1) is 17.7. The first-order valence-corrected chi connectivity index (χ1v) is 8.37. The molecule has 0 saturated carbocycles. The van der Waals surface area contributed by atoms with Crippen LogP contribution in [0.4, 0.5) is 10.1 Å². The zero-order valence-electron chi connectivity index (χ0n) is 13.6. The van der Waals surface area contributed by atoms with Crippen molar-refractivity contribution >= 4 is 11.6 Å². The molecule has 1 aromatic carbocycles. The highest BCUT2D eigenvalue weighted by Gasteiger charge is 2.23. The fourth-order valence-corrected chi connectivity index (χ4v) is 2.91. The van der Waals surface area contributed by atoms with Gasteiger partial charge < -0.3 is 21.3 Å². The molecule has 1 saturated heterocycles. The SMILES string of the molecule is NCCCC[C@H](N)C(=O)N1CCCN(c2ccc(F)cc2)CC1. The number of halogens is 1. The van der Waals surface area contributed by atoms with Gasteiger partial charge in [-0.2, -0.15) is 0 Å². The summed E-state index contributed by atoms with van der Waals surface area (Å²) >= 11 is 0. The minimum absolute atomic E-state index is 0.0305. The molecule has 1 atom stereocenters. The van der Waals surface area contributed by atoms with Crippen LogP contribution in [0.25, 0.3) is 0 Å². The van der Waals surface area contributed by atoms with Crippen LogP contribution in [0.3, 0.4) is 0 Å². The van der Waals surface area contributed by atoms with Crippen molar-refractivity contribution in [3.63, 3.8) is 0 Å². The predicted molar refractivity (Wildman–Crippen MR) is 90.7 cm³/mol. The van der Waals surface area contributed by atoms with E-state index in [2.05, 4.69) is 4.90 Å². The lowest BCUT2D eigenvalue weighted by atomic mass is 10.1. The molecule has 23 heavy (non-hydrogen) atoms. The van der Waals surface area contributed by atoms with Crippen molar-refractivity contribution in [2.45, 2.75) is 31.7 Å². The van der Waals surface area contributed by atoms with Gasteiger partial charge in [0.05, 0.1) is 6.04 Å². The third-order valence-electron chi connectivity index (χ3n) is 4.29. The van der Waals surface area contributed by atoms with E-state index >= 15 is 0 Å². The summed E-state index contributed by atoms with van der Waals surface area (Å²) in [4.78, 5) is 16.5. The predicted octanol–water partition coefficient (Wildman–Crippen LogP) is 1.32. The van der Waals surface area contributed by atoms with Gasteiger partial charge >= 0.3 is 0 Å². The van der Waals surface area contributed by atoms with E-state index in [0.29, 0.717) is 19.5 Å². The summed E-state index contributed by atoms with van der Waals surface area (Å²) in [7, 11) is 0. The molecule has 5 nitrogen and oxygen atoms in total. The first-order valence-electron chi connectivity index (χ1n) is 8.37. The molecule has 1 heterocycles. The van der Waals surface area contributed by atoms with E-state index in [4.69, 9.17) is 11.5 Å². The van der Waals surface area contributed by atoms with Gasteiger partial charge in [-0.15, -0.1) is 0 Å². The van der Waals surface area contributed by atoms with Crippen LogP contribution in [0.15, 0.2) is 24.3 Å². The molecule has 0 radical (unpaired) electrons. The molecule has 0 unspecified atom stereocenters. The van der Waals surface area contributed by atoms with Crippen LogP contribution in [-0.2, 0) is 4.79 Å². The lowest BCUT2D eigenvalue weighted by molar-refractivity contribution is -0.132. The maximum Gasteiger partial charge on any atom is 0.239 e. The highest BCUT2D eigenvalue weighted by molar-refractivity contribution is 5.81. The summed E-state index contributed by atoms with van der Waals surface area (Å²) in [6.45, 7) is 3.61. The fraction of sp³-hybridized carbons (Fsp3) is 0.588. The van der Waals surface area contributed by atoms with Crippen molar-refractivity contribution in [1.82, 2.24) is 4.90 Å². The minimum atomic E-state index is -0.432. The zero-order chi connectivity index (χ0) is 16.7.